The fourth-order valence-electron chi connectivity index (χ4n) is 3.83. The number of hydrogen-bond donors (Lipinski definition) is 3. The topological polar surface area (TPSA) is 91.3 Å². The number of halogens is 1. The summed E-state index contributed by atoms with van der Waals surface area (Å²) >= 11 is 1.53. The largest absolute Gasteiger partial charge is 0.481 e. The minimum absolute atomic E-state index is 0. The smallest absolute Gasteiger partial charge is 0.303 e. The molecule has 0 unspecified atom stereocenters. The first kappa shape index (κ1) is 21.3. The Bertz CT molecular complexity index is 596. The molecule has 0 aromatic carbocycles. The number of piperidine rings is 1. The number of carbonyl (C=O) groups excluding carboxylic acids is 1. The molecule has 1 aromatic heterocycles. The average Bonchev–Trinajstić information content (AvgIpc) is 3.12. The Morgan fingerprint density at radius 2 is 1.88 bits per heavy atom. The van der Waals surface area contributed by atoms with E-state index >= 15 is 0 Å². The van der Waals surface area contributed by atoms with E-state index in [4.69, 9.17) is 5.11 Å². The van der Waals surface area contributed by atoms with E-state index in [1.807, 2.05) is 0 Å². The summed E-state index contributed by atoms with van der Waals surface area (Å²) in [6.07, 6.45) is 8.79. The van der Waals surface area contributed by atoms with Crippen molar-refractivity contribution in [2.24, 2.45) is 5.92 Å². The van der Waals surface area contributed by atoms with Crippen molar-refractivity contribution in [1.82, 2.24) is 15.6 Å². The number of rotatable bonds is 6. The highest BCUT2D eigenvalue weighted by Crippen LogP contribution is 2.30. The highest BCUT2D eigenvalue weighted by atomic mass is 79.9. The quantitative estimate of drug-likeness (QED) is 0.624. The number of amides is 1. The molecule has 2 aliphatic rings. The monoisotopic (exact) mass is 445 g/mol. The van der Waals surface area contributed by atoms with Gasteiger partial charge < -0.3 is 15.7 Å². The predicted molar refractivity (Wildman–Crippen MR) is 107 cm³/mol. The number of aliphatic carboxylic acids is 1. The van der Waals surface area contributed by atoms with Crippen molar-refractivity contribution in [2.45, 2.75) is 63.3 Å². The van der Waals surface area contributed by atoms with Crippen LogP contribution in [0.2, 0.25) is 0 Å². The summed E-state index contributed by atoms with van der Waals surface area (Å²) in [5.41, 5.74) is 0. The molecule has 0 bridgehead atoms. The maximum absolute atomic E-state index is 12.5. The molecule has 26 heavy (non-hydrogen) atoms. The minimum Gasteiger partial charge on any atom is -0.481 e. The van der Waals surface area contributed by atoms with Crippen molar-refractivity contribution < 1.29 is 14.7 Å². The van der Waals surface area contributed by atoms with Crippen molar-refractivity contribution in [2.75, 3.05) is 13.1 Å². The third-order valence-electron chi connectivity index (χ3n) is 5.38. The molecule has 6 nitrogen and oxygen atoms in total. The van der Waals surface area contributed by atoms with E-state index in [0.29, 0.717) is 16.7 Å². The summed E-state index contributed by atoms with van der Waals surface area (Å²) in [5, 5.41) is 16.4. The zero-order valence-electron chi connectivity index (χ0n) is 14.9. The predicted octanol–water partition coefficient (Wildman–Crippen LogP) is 3.34. The van der Waals surface area contributed by atoms with E-state index in [9.17, 15) is 9.59 Å². The van der Waals surface area contributed by atoms with Gasteiger partial charge in [-0.2, -0.15) is 0 Å². The Hall–Kier alpha value is -0.990. The SMILES string of the molecule is Br.O=C(O)CC[C@H]1CC[C@H](NC(=O)c2cnc(C3CCNCC3)s2)CC1. The number of thiazole rings is 1. The van der Waals surface area contributed by atoms with Gasteiger partial charge in [0.2, 0.25) is 0 Å². The lowest BCUT2D eigenvalue weighted by Crippen LogP contribution is -2.37. The van der Waals surface area contributed by atoms with Gasteiger partial charge in [-0.05, 0) is 64.0 Å². The van der Waals surface area contributed by atoms with Crippen molar-refractivity contribution in [3.05, 3.63) is 16.1 Å². The van der Waals surface area contributed by atoms with Crippen molar-refractivity contribution in [3.63, 3.8) is 0 Å². The lowest BCUT2D eigenvalue weighted by molar-refractivity contribution is -0.137. The van der Waals surface area contributed by atoms with Gasteiger partial charge in [0.15, 0.2) is 0 Å². The van der Waals surface area contributed by atoms with Gasteiger partial charge in [0, 0.05) is 18.4 Å². The molecule has 1 saturated carbocycles. The third-order valence-corrected chi connectivity index (χ3v) is 6.54. The number of carboxylic acid groups (broad SMARTS) is 1. The van der Waals surface area contributed by atoms with Crippen molar-refractivity contribution >= 4 is 40.2 Å². The number of carboxylic acids is 1. The summed E-state index contributed by atoms with van der Waals surface area (Å²) in [4.78, 5) is 28.3. The second kappa shape index (κ2) is 10.4. The zero-order valence-corrected chi connectivity index (χ0v) is 17.4. The first-order valence-corrected chi connectivity index (χ1v) is 10.1. The van der Waals surface area contributed by atoms with E-state index in [-0.39, 0.29) is 35.4 Å². The molecule has 0 spiro atoms. The summed E-state index contributed by atoms with van der Waals surface area (Å²) in [6.45, 7) is 2.05. The van der Waals surface area contributed by atoms with Crippen LogP contribution in [0.4, 0.5) is 0 Å². The van der Waals surface area contributed by atoms with Gasteiger partial charge in [-0.3, -0.25) is 9.59 Å². The van der Waals surface area contributed by atoms with Gasteiger partial charge in [-0.15, -0.1) is 28.3 Å². The fraction of sp³-hybridized carbons (Fsp3) is 0.722. The molecule has 1 aromatic rings. The van der Waals surface area contributed by atoms with E-state index in [1.54, 1.807) is 6.20 Å². The Morgan fingerprint density at radius 1 is 1.19 bits per heavy atom. The van der Waals surface area contributed by atoms with Crippen LogP contribution in [-0.2, 0) is 4.79 Å². The van der Waals surface area contributed by atoms with Crippen molar-refractivity contribution in [3.8, 4) is 0 Å². The minimum atomic E-state index is -0.717. The van der Waals surface area contributed by atoms with Crippen LogP contribution in [0, 0.1) is 5.92 Å². The van der Waals surface area contributed by atoms with Crippen molar-refractivity contribution in [1.29, 1.82) is 0 Å². The number of aromatic nitrogens is 1. The molecule has 1 saturated heterocycles. The second-order valence-corrected chi connectivity index (χ2v) is 8.27. The Kier molecular flexibility index (Phi) is 8.50. The van der Waals surface area contributed by atoms with Gasteiger partial charge in [0.1, 0.15) is 4.88 Å². The first-order chi connectivity index (χ1) is 12.1. The maximum atomic E-state index is 12.5. The molecule has 1 aliphatic heterocycles. The van der Waals surface area contributed by atoms with Gasteiger partial charge >= 0.3 is 5.97 Å². The van der Waals surface area contributed by atoms with Crippen LogP contribution in [-0.4, -0.2) is 41.1 Å². The third kappa shape index (κ3) is 6.03. The van der Waals surface area contributed by atoms with E-state index in [1.165, 1.54) is 11.3 Å². The zero-order chi connectivity index (χ0) is 17.6. The van der Waals surface area contributed by atoms with Crippen LogP contribution in [0.1, 0.15) is 72.0 Å². The summed E-state index contributed by atoms with van der Waals surface area (Å²) < 4.78 is 0. The van der Waals surface area contributed by atoms with Gasteiger partial charge in [0.05, 0.1) is 11.2 Å². The van der Waals surface area contributed by atoms with Crippen LogP contribution in [0.25, 0.3) is 0 Å². The molecular weight excluding hydrogens is 418 g/mol. The van der Waals surface area contributed by atoms with Crippen LogP contribution >= 0.6 is 28.3 Å². The molecule has 2 heterocycles. The Balaban J connectivity index is 0.00000243. The standard InChI is InChI=1S/C18H27N3O3S.BrH/c22-16(23)6-3-12-1-4-14(5-2-12)21-17(24)15-11-20-18(25-15)13-7-9-19-10-8-13;/h11-14,19H,1-10H2,(H,21,24)(H,22,23);1H/t12-,14-;. The summed E-state index contributed by atoms with van der Waals surface area (Å²) in [7, 11) is 0. The summed E-state index contributed by atoms with van der Waals surface area (Å²) in [5.74, 6) is 0.244. The highest BCUT2D eigenvalue weighted by Gasteiger charge is 2.25. The molecule has 0 radical (unpaired) electrons. The van der Waals surface area contributed by atoms with Crippen LogP contribution in [0.3, 0.4) is 0 Å². The van der Waals surface area contributed by atoms with Crippen LogP contribution < -0.4 is 10.6 Å². The van der Waals surface area contributed by atoms with E-state index in [2.05, 4.69) is 15.6 Å². The highest BCUT2D eigenvalue weighted by molar-refractivity contribution is 8.93. The molecule has 8 heteroatoms. The Morgan fingerprint density at radius 3 is 2.54 bits per heavy atom. The molecule has 2 fully saturated rings. The van der Waals surface area contributed by atoms with Gasteiger partial charge in [-0.1, -0.05) is 0 Å². The second-order valence-electron chi connectivity index (χ2n) is 7.21. The number of carbonyl (C=O) groups is 2. The van der Waals surface area contributed by atoms with E-state index in [0.717, 1.165) is 63.0 Å². The molecular formula is C18H28BrN3O3S. The molecule has 3 rings (SSSR count). The molecule has 1 amide bonds. The van der Waals surface area contributed by atoms with Gasteiger partial charge in [-0.25, -0.2) is 4.98 Å². The fourth-order valence-corrected chi connectivity index (χ4v) is 4.82. The Labute approximate surface area is 168 Å². The van der Waals surface area contributed by atoms with E-state index < -0.39 is 5.97 Å². The summed E-state index contributed by atoms with van der Waals surface area (Å²) in [6, 6.07) is 0.206. The number of nitrogens with one attached hydrogen (secondary N) is 2. The van der Waals surface area contributed by atoms with Crippen LogP contribution in [0.15, 0.2) is 6.20 Å². The number of nitrogens with zero attached hydrogens (tertiary/aromatic N) is 1. The number of hydrogen-bond acceptors (Lipinski definition) is 5. The molecule has 146 valence electrons. The molecule has 0 atom stereocenters. The maximum Gasteiger partial charge on any atom is 0.303 e. The normalized spacial score (nSPS) is 23.8. The molecule has 3 N–H and O–H groups in total. The average molecular weight is 446 g/mol. The lowest BCUT2D eigenvalue weighted by Gasteiger charge is -2.28. The first-order valence-electron chi connectivity index (χ1n) is 9.31. The van der Waals surface area contributed by atoms with Crippen LogP contribution in [0.5, 0.6) is 0 Å². The molecule has 1 aliphatic carbocycles. The lowest BCUT2D eigenvalue weighted by atomic mass is 9.83. The van der Waals surface area contributed by atoms with Gasteiger partial charge in [0.25, 0.3) is 5.91 Å².